The summed E-state index contributed by atoms with van der Waals surface area (Å²) in [6.07, 6.45) is 9.05. The molecular weight excluding hydrogens is 200 g/mol. The van der Waals surface area contributed by atoms with Crippen molar-refractivity contribution in [3.63, 3.8) is 0 Å². The summed E-state index contributed by atoms with van der Waals surface area (Å²) in [5.41, 5.74) is 5.59. The van der Waals surface area contributed by atoms with Crippen molar-refractivity contribution in [2.45, 2.75) is 25.7 Å². The minimum atomic E-state index is 0.484. The summed E-state index contributed by atoms with van der Waals surface area (Å²) in [4.78, 5) is 8.23. The molecule has 3 rings (SSSR count). The van der Waals surface area contributed by atoms with E-state index in [4.69, 9.17) is 5.73 Å². The van der Waals surface area contributed by atoms with E-state index in [1.54, 1.807) is 12.4 Å². The number of fused-ring (bicyclic) bond motifs is 2. The summed E-state index contributed by atoms with van der Waals surface area (Å²) in [6.45, 7) is 1.03. The summed E-state index contributed by atoms with van der Waals surface area (Å²) in [7, 11) is 0. The highest BCUT2D eigenvalue weighted by Crippen LogP contribution is 2.48. The Hall–Kier alpha value is -1.32. The van der Waals surface area contributed by atoms with E-state index in [1.165, 1.54) is 25.7 Å². The van der Waals surface area contributed by atoms with Crippen LogP contribution in [0.2, 0.25) is 0 Å². The maximum absolute atomic E-state index is 5.59. The summed E-state index contributed by atoms with van der Waals surface area (Å²) in [5.74, 6) is 4.08. The van der Waals surface area contributed by atoms with E-state index in [1.807, 2.05) is 0 Å². The molecule has 0 aromatic carbocycles. The first kappa shape index (κ1) is 9.87. The Morgan fingerprint density at radius 3 is 2.94 bits per heavy atom. The second kappa shape index (κ2) is 3.92. The lowest BCUT2D eigenvalue weighted by Crippen LogP contribution is -2.20. The normalized spacial score (nSPS) is 31.9. The first-order chi connectivity index (χ1) is 7.81. The number of aromatic nitrogens is 2. The van der Waals surface area contributed by atoms with E-state index in [0.717, 1.165) is 30.1 Å². The van der Waals surface area contributed by atoms with Gasteiger partial charge in [-0.1, -0.05) is 6.42 Å². The van der Waals surface area contributed by atoms with Crippen LogP contribution in [0.4, 0.5) is 11.6 Å². The Bertz CT molecular complexity index is 379. The maximum atomic E-state index is 5.59. The third-order valence-corrected chi connectivity index (χ3v) is 4.08. The van der Waals surface area contributed by atoms with Gasteiger partial charge in [-0.3, -0.25) is 4.98 Å². The van der Waals surface area contributed by atoms with Crippen LogP contribution in [0.3, 0.4) is 0 Å². The molecule has 3 unspecified atom stereocenters. The first-order valence-corrected chi connectivity index (χ1v) is 6.12. The second-order valence-electron chi connectivity index (χ2n) is 5.15. The van der Waals surface area contributed by atoms with Crippen LogP contribution in [0.1, 0.15) is 25.7 Å². The van der Waals surface area contributed by atoms with Gasteiger partial charge in [0, 0.05) is 6.54 Å². The number of rotatable bonds is 3. The predicted octanol–water partition coefficient (Wildman–Crippen LogP) is 1.91. The van der Waals surface area contributed by atoms with Gasteiger partial charge in [0.2, 0.25) is 0 Å². The van der Waals surface area contributed by atoms with Crippen molar-refractivity contribution >= 4 is 11.6 Å². The van der Waals surface area contributed by atoms with E-state index >= 15 is 0 Å². The van der Waals surface area contributed by atoms with Gasteiger partial charge in [0.25, 0.3) is 0 Å². The van der Waals surface area contributed by atoms with Crippen LogP contribution in [0.15, 0.2) is 12.4 Å². The molecule has 2 saturated carbocycles. The quantitative estimate of drug-likeness (QED) is 0.813. The summed E-state index contributed by atoms with van der Waals surface area (Å²) in [5, 5.41) is 3.36. The van der Waals surface area contributed by atoms with Crippen molar-refractivity contribution in [2.75, 3.05) is 17.6 Å². The van der Waals surface area contributed by atoms with Crippen LogP contribution in [0.25, 0.3) is 0 Å². The topological polar surface area (TPSA) is 63.8 Å². The average molecular weight is 218 g/mol. The maximum Gasteiger partial charge on any atom is 0.146 e. The van der Waals surface area contributed by atoms with Crippen LogP contribution < -0.4 is 11.1 Å². The Balaban J connectivity index is 1.57. The predicted molar refractivity (Wildman–Crippen MR) is 63.9 cm³/mol. The van der Waals surface area contributed by atoms with E-state index in [2.05, 4.69) is 15.3 Å². The standard InChI is InChI=1S/C12H18N4/c13-11-6-14-7-12(16-11)15-5-10-4-8-1-2-9(10)3-8/h6-10H,1-5H2,(H3,13,15,16). The molecule has 2 fully saturated rings. The minimum absolute atomic E-state index is 0.484. The van der Waals surface area contributed by atoms with E-state index in [-0.39, 0.29) is 0 Å². The van der Waals surface area contributed by atoms with Gasteiger partial charge in [0.15, 0.2) is 0 Å². The molecular formula is C12H18N4. The van der Waals surface area contributed by atoms with Crippen molar-refractivity contribution < 1.29 is 0 Å². The molecule has 3 atom stereocenters. The summed E-state index contributed by atoms with van der Waals surface area (Å²) < 4.78 is 0. The fraction of sp³-hybridized carbons (Fsp3) is 0.667. The Morgan fingerprint density at radius 1 is 1.31 bits per heavy atom. The number of nitrogens with one attached hydrogen (secondary N) is 1. The molecule has 0 aliphatic heterocycles. The Kier molecular flexibility index (Phi) is 2.42. The largest absolute Gasteiger partial charge is 0.382 e. The zero-order chi connectivity index (χ0) is 11.0. The lowest BCUT2D eigenvalue weighted by molar-refractivity contribution is 0.348. The van der Waals surface area contributed by atoms with E-state index < -0.39 is 0 Å². The smallest absolute Gasteiger partial charge is 0.146 e. The van der Waals surface area contributed by atoms with E-state index in [9.17, 15) is 0 Å². The lowest BCUT2D eigenvalue weighted by Gasteiger charge is -2.21. The van der Waals surface area contributed by atoms with Gasteiger partial charge in [-0.15, -0.1) is 0 Å². The molecule has 4 nitrogen and oxygen atoms in total. The van der Waals surface area contributed by atoms with Gasteiger partial charge in [-0.25, -0.2) is 4.98 Å². The number of hydrogen-bond acceptors (Lipinski definition) is 4. The van der Waals surface area contributed by atoms with Gasteiger partial charge < -0.3 is 11.1 Å². The van der Waals surface area contributed by atoms with Gasteiger partial charge in [-0.2, -0.15) is 0 Å². The van der Waals surface area contributed by atoms with Crippen LogP contribution >= 0.6 is 0 Å². The highest BCUT2D eigenvalue weighted by molar-refractivity contribution is 5.38. The number of nitrogens with two attached hydrogens (primary N) is 1. The molecule has 86 valence electrons. The molecule has 0 radical (unpaired) electrons. The molecule has 0 saturated heterocycles. The fourth-order valence-corrected chi connectivity index (χ4v) is 3.33. The molecule has 4 heteroatoms. The number of hydrogen-bond donors (Lipinski definition) is 2. The summed E-state index contributed by atoms with van der Waals surface area (Å²) >= 11 is 0. The molecule has 0 amide bonds. The molecule has 16 heavy (non-hydrogen) atoms. The van der Waals surface area contributed by atoms with Crippen molar-refractivity contribution in [3.05, 3.63) is 12.4 Å². The first-order valence-electron chi connectivity index (χ1n) is 6.12. The van der Waals surface area contributed by atoms with Crippen molar-refractivity contribution in [2.24, 2.45) is 17.8 Å². The third-order valence-electron chi connectivity index (χ3n) is 4.08. The molecule has 0 spiro atoms. The van der Waals surface area contributed by atoms with Gasteiger partial charge in [0.1, 0.15) is 11.6 Å². The Labute approximate surface area is 95.7 Å². The molecule has 2 aliphatic carbocycles. The monoisotopic (exact) mass is 218 g/mol. The number of anilines is 2. The van der Waals surface area contributed by atoms with Crippen LogP contribution in [-0.4, -0.2) is 16.5 Å². The van der Waals surface area contributed by atoms with Crippen LogP contribution in [0.5, 0.6) is 0 Å². The highest BCUT2D eigenvalue weighted by atomic mass is 15.0. The average Bonchev–Trinajstić information content (AvgIpc) is 2.88. The van der Waals surface area contributed by atoms with Crippen LogP contribution in [0, 0.1) is 17.8 Å². The molecule has 1 heterocycles. The van der Waals surface area contributed by atoms with Crippen molar-refractivity contribution in [1.29, 1.82) is 0 Å². The SMILES string of the molecule is Nc1cncc(NCC2CC3CCC2C3)n1. The van der Waals surface area contributed by atoms with Gasteiger partial charge >= 0.3 is 0 Å². The molecule has 2 bridgehead atoms. The number of nitrogen functional groups attached to an aromatic ring is 1. The fourth-order valence-electron chi connectivity index (χ4n) is 3.33. The lowest BCUT2D eigenvalue weighted by atomic mass is 9.89. The van der Waals surface area contributed by atoms with Crippen molar-refractivity contribution in [3.8, 4) is 0 Å². The Morgan fingerprint density at radius 2 is 2.25 bits per heavy atom. The number of nitrogens with zero attached hydrogens (tertiary/aromatic N) is 2. The minimum Gasteiger partial charge on any atom is -0.382 e. The van der Waals surface area contributed by atoms with Crippen molar-refractivity contribution in [1.82, 2.24) is 9.97 Å². The molecule has 1 aromatic rings. The third kappa shape index (κ3) is 1.84. The molecule has 1 aromatic heterocycles. The second-order valence-corrected chi connectivity index (χ2v) is 5.15. The van der Waals surface area contributed by atoms with E-state index in [0.29, 0.717) is 5.82 Å². The van der Waals surface area contributed by atoms with Crippen LogP contribution in [-0.2, 0) is 0 Å². The highest BCUT2D eigenvalue weighted by Gasteiger charge is 2.39. The van der Waals surface area contributed by atoms with Gasteiger partial charge in [-0.05, 0) is 37.0 Å². The molecule has 3 N–H and O–H groups in total. The zero-order valence-electron chi connectivity index (χ0n) is 9.39. The summed E-state index contributed by atoms with van der Waals surface area (Å²) in [6, 6.07) is 0. The zero-order valence-corrected chi connectivity index (χ0v) is 9.39. The molecule has 2 aliphatic rings. The van der Waals surface area contributed by atoms with Gasteiger partial charge in [0.05, 0.1) is 12.4 Å².